The first-order valence-electron chi connectivity index (χ1n) is 4.79. The second kappa shape index (κ2) is 5.92. The Bertz CT molecular complexity index is 330. The molecule has 0 spiro atoms. The Balaban J connectivity index is 2.56. The van der Waals surface area contributed by atoms with Gasteiger partial charge < -0.3 is 20.7 Å². The lowest BCUT2D eigenvalue weighted by atomic mass is 10.4. The number of aromatic nitrogens is 1. The molecular weight excluding hydrogens is 196 g/mol. The smallest absolute Gasteiger partial charge is 0.377 e. The normalized spacial score (nSPS) is 9.93. The standard InChI is InChI=1S/C9H14N4O2/c1-2-10-6-7-11-8-4-3-5-12-9(8)13(14)15/h3-5,10-11H,2,6-7H2,1H3. The molecule has 0 saturated carbocycles. The van der Waals surface area contributed by atoms with Crippen molar-refractivity contribution in [2.24, 2.45) is 0 Å². The highest BCUT2D eigenvalue weighted by Crippen LogP contribution is 2.19. The van der Waals surface area contributed by atoms with E-state index < -0.39 is 4.92 Å². The Morgan fingerprint density at radius 1 is 1.53 bits per heavy atom. The van der Waals surface area contributed by atoms with Crippen molar-refractivity contribution in [2.75, 3.05) is 25.0 Å². The zero-order chi connectivity index (χ0) is 11.1. The predicted octanol–water partition coefficient (Wildman–Crippen LogP) is 1.01. The van der Waals surface area contributed by atoms with Crippen LogP contribution in [0.2, 0.25) is 0 Å². The lowest BCUT2D eigenvalue weighted by Crippen LogP contribution is -2.21. The van der Waals surface area contributed by atoms with Crippen LogP contribution in [0.3, 0.4) is 0 Å². The molecule has 1 aromatic rings. The van der Waals surface area contributed by atoms with Gasteiger partial charge in [-0.3, -0.25) is 0 Å². The largest absolute Gasteiger partial charge is 0.386 e. The minimum atomic E-state index is -0.490. The third-order valence-corrected chi connectivity index (χ3v) is 1.83. The summed E-state index contributed by atoms with van der Waals surface area (Å²) in [6.07, 6.45) is 1.41. The zero-order valence-electron chi connectivity index (χ0n) is 8.56. The first-order valence-corrected chi connectivity index (χ1v) is 4.79. The molecular formula is C9H14N4O2. The fourth-order valence-electron chi connectivity index (χ4n) is 1.14. The summed E-state index contributed by atoms with van der Waals surface area (Å²) in [5.41, 5.74) is 0.459. The maximum Gasteiger partial charge on any atom is 0.386 e. The summed E-state index contributed by atoms with van der Waals surface area (Å²) in [7, 11) is 0. The molecule has 82 valence electrons. The number of nitrogens with one attached hydrogen (secondary N) is 2. The van der Waals surface area contributed by atoms with Crippen LogP contribution in [-0.2, 0) is 0 Å². The molecule has 0 atom stereocenters. The van der Waals surface area contributed by atoms with E-state index in [0.717, 1.165) is 13.1 Å². The average Bonchev–Trinajstić information content (AvgIpc) is 2.25. The number of nitrogens with zero attached hydrogens (tertiary/aromatic N) is 2. The van der Waals surface area contributed by atoms with Crippen LogP contribution < -0.4 is 10.6 Å². The van der Waals surface area contributed by atoms with E-state index in [1.165, 1.54) is 6.20 Å². The SMILES string of the molecule is CCNCCNc1cccnc1[N+](=O)[O-]. The van der Waals surface area contributed by atoms with Gasteiger partial charge >= 0.3 is 5.82 Å². The monoisotopic (exact) mass is 210 g/mol. The molecule has 1 aromatic heterocycles. The number of hydrogen-bond donors (Lipinski definition) is 2. The summed E-state index contributed by atoms with van der Waals surface area (Å²) in [6.45, 7) is 4.30. The topological polar surface area (TPSA) is 80.1 Å². The van der Waals surface area contributed by atoms with E-state index in [1.54, 1.807) is 12.1 Å². The minimum Gasteiger partial charge on any atom is -0.377 e. The van der Waals surface area contributed by atoms with Gasteiger partial charge in [0.05, 0.1) is 0 Å². The van der Waals surface area contributed by atoms with Crippen LogP contribution in [0.1, 0.15) is 6.92 Å². The number of rotatable bonds is 6. The van der Waals surface area contributed by atoms with E-state index in [2.05, 4.69) is 15.6 Å². The van der Waals surface area contributed by atoms with Crippen molar-refractivity contribution in [1.82, 2.24) is 10.3 Å². The summed E-state index contributed by atoms with van der Waals surface area (Å²) in [5.74, 6) is -0.131. The van der Waals surface area contributed by atoms with Crippen LogP contribution in [0.4, 0.5) is 11.5 Å². The van der Waals surface area contributed by atoms with E-state index in [-0.39, 0.29) is 5.82 Å². The second-order valence-electron chi connectivity index (χ2n) is 2.91. The Hall–Kier alpha value is -1.69. The molecule has 6 nitrogen and oxygen atoms in total. The summed E-state index contributed by atoms with van der Waals surface area (Å²) in [4.78, 5) is 13.8. The third-order valence-electron chi connectivity index (χ3n) is 1.83. The van der Waals surface area contributed by atoms with Gasteiger partial charge in [-0.05, 0) is 28.6 Å². The van der Waals surface area contributed by atoms with Crippen LogP contribution in [-0.4, -0.2) is 29.5 Å². The number of nitro groups is 1. The van der Waals surface area contributed by atoms with Gasteiger partial charge in [0.15, 0.2) is 0 Å². The molecule has 1 rings (SSSR count). The summed E-state index contributed by atoms with van der Waals surface area (Å²) in [5, 5.41) is 16.7. The highest BCUT2D eigenvalue weighted by Gasteiger charge is 2.12. The van der Waals surface area contributed by atoms with Crippen molar-refractivity contribution in [3.8, 4) is 0 Å². The van der Waals surface area contributed by atoms with Crippen molar-refractivity contribution < 1.29 is 4.92 Å². The molecule has 0 fully saturated rings. The first kappa shape index (κ1) is 11.4. The molecule has 0 bridgehead atoms. The fourth-order valence-corrected chi connectivity index (χ4v) is 1.14. The average molecular weight is 210 g/mol. The molecule has 1 heterocycles. The maximum absolute atomic E-state index is 10.6. The quantitative estimate of drug-likeness (QED) is 0.416. The van der Waals surface area contributed by atoms with Crippen LogP contribution in [0.25, 0.3) is 0 Å². The molecule has 0 amide bonds. The second-order valence-corrected chi connectivity index (χ2v) is 2.91. The Labute approximate surface area is 87.9 Å². The van der Waals surface area contributed by atoms with E-state index in [0.29, 0.717) is 12.2 Å². The van der Waals surface area contributed by atoms with Crippen molar-refractivity contribution in [1.29, 1.82) is 0 Å². The van der Waals surface area contributed by atoms with Gasteiger partial charge in [-0.25, -0.2) is 0 Å². The molecule has 2 N–H and O–H groups in total. The zero-order valence-corrected chi connectivity index (χ0v) is 8.56. The third kappa shape index (κ3) is 3.51. The van der Waals surface area contributed by atoms with Gasteiger partial charge in [-0.15, -0.1) is 0 Å². The van der Waals surface area contributed by atoms with Crippen LogP contribution >= 0.6 is 0 Å². The Kier molecular flexibility index (Phi) is 4.49. The summed E-state index contributed by atoms with van der Waals surface area (Å²) >= 11 is 0. The lowest BCUT2D eigenvalue weighted by molar-refractivity contribution is -0.388. The lowest BCUT2D eigenvalue weighted by Gasteiger charge is -2.06. The maximum atomic E-state index is 10.6. The summed E-state index contributed by atoms with van der Waals surface area (Å²) in [6, 6.07) is 3.32. The minimum absolute atomic E-state index is 0.131. The van der Waals surface area contributed by atoms with Crippen LogP contribution in [0, 0.1) is 10.1 Å². The Morgan fingerprint density at radius 2 is 2.33 bits per heavy atom. The number of pyridine rings is 1. The van der Waals surface area contributed by atoms with E-state index in [4.69, 9.17) is 0 Å². The first-order chi connectivity index (χ1) is 7.25. The molecule has 0 aliphatic rings. The molecule has 0 aliphatic carbocycles. The highest BCUT2D eigenvalue weighted by molar-refractivity contribution is 5.56. The van der Waals surface area contributed by atoms with Crippen molar-refractivity contribution in [2.45, 2.75) is 6.92 Å². The van der Waals surface area contributed by atoms with E-state index >= 15 is 0 Å². The molecule has 0 aliphatic heterocycles. The molecule has 0 radical (unpaired) electrons. The molecule has 0 aromatic carbocycles. The van der Waals surface area contributed by atoms with Crippen LogP contribution in [0.15, 0.2) is 18.3 Å². The fraction of sp³-hybridized carbons (Fsp3) is 0.444. The van der Waals surface area contributed by atoms with Gasteiger partial charge in [-0.1, -0.05) is 6.92 Å². The van der Waals surface area contributed by atoms with Gasteiger partial charge in [-0.2, -0.15) is 0 Å². The van der Waals surface area contributed by atoms with Crippen molar-refractivity contribution >= 4 is 11.5 Å². The van der Waals surface area contributed by atoms with Gasteiger partial charge in [0.1, 0.15) is 11.9 Å². The molecule has 15 heavy (non-hydrogen) atoms. The van der Waals surface area contributed by atoms with Crippen molar-refractivity contribution in [3.05, 3.63) is 28.4 Å². The highest BCUT2D eigenvalue weighted by atomic mass is 16.6. The van der Waals surface area contributed by atoms with Gasteiger partial charge in [0.2, 0.25) is 0 Å². The number of anilines is 1. The predicted molar refractivity (Wildman–Crippen MR) is 57.9 cm³/mol. The molecule has 6 heteroatoms. The van der Waals surface area contributed by atoms with Crippen LogP contribution in [0.5, 0.6) is 0 Å². The van der Waals surface area contributed by atoms with Crippen molar-refractivity contribution in [3.63, 3.8) is 0 Å². The summed E-state index contributed by atoms with van der Waals surface area (Å²) < 4.78 is 0. The number of hydrogen-bond acceptors (Lipinski definition) is 5. The molecule has 0 saturated heterocycles. The number of likely N-dealkylation sites (N-methyl/N-ethyl adjacent to an activating group) is 1. The Morgan fingerprint density at radius 3 is 3.00 bits per heavy atom. The van der Waals surface area contributed by atoms with E-state index in [1.807, 2.05) is 6.92 Å². The molecule has 0 unspecified atom stereocenters. The van der Waals surface area contributed by atoms with Gasteiger partial charge in [0, 0.05) is 13.1 Å². The van der Waals surface area contributed by atoms with E-state index in [9.17, 15) is 10.1 Å². The van der Waals surface area contributed by atoms with Gasteiger partial charge in [0.25, 0.3) is 0 Å².